The summed E-state index contributed by atoms with van der Waals surface area (Å²) in [4.78, 5) is 5.03. The van der Waals surface area contributed by atoms with Gasteiger partial charge in [-0.2, -0.15) is 26.3 Å². The van der Waals surface area contributed by atoms with Gasteiger partial charge in [-0.15, -0.1) is 0 Å². The fraction of sp³-hybridized carbons (Fsp3) is 0.375. The SMILES string of the molecule is NS(=O)(=O)c1ccc(CN2CCCC[C@H]2[C@@H](O)c2cc(C(F)(F)F)nc3c(C(F)(F)F)cccc23)cc1. The summed E-state index contributed by atoms with van der Waals surface area (Å²) < 4.78 is 105. The van der Waals surface area contributed by atoms with Gasteiger partial charge in [-0.3, -0.25) is 4.90 Å². The maximum absolute atomic E-state index is 13.6. The van der Waals surface area contributed by atoms with Gasteiger partial charge in [0, 0.05) is 18.0 Å². The fourth-order valence-electron chi connectivity index (χ4n) is 4.69. The van der Waals surface area contributed by atoms with Gasteiger partial charge in [0.1, 0.15) is 5.69 Å². The van der Waals surface area contributed by atoms with Gasteiger partial charge in [-0.1, -0.05) is 30.7 Å². The molecule has 1 aliphatic heterocycles. The average molecular weight is 548 g/mol. The molecule has 13 heteroatoms. The first-order valence-corrected chi connectivity index (χ1v) is 12.8. The number of fused-ring (bicyclic) bond motifs is 1. The molecular weight excluding hydrogens is 524 g/mol. The number of aliphatic hydroxyl groups excluding tert-OH is 1. The fourth-order valence-corrected chi connectivity index (χ4v) is 5.21. The number of nitrogens with zero attached hydrogens (tertiary/aromatic N) is 2. The van der Waals surface area contributed by atoms with Gasteiger partial charge in [0.25, 0.3) is 0 Å². The lowest BCUT2D eigenvalue weighted by atomic mass is 9.90. The highest BCUT2D eigenvalue weighted by atomic mass is 32.2. The highest BCUT2D eigenvalue weighted by Crippen LogP contribution is 2.41. The Labute approximate surface area is 208 Å². The predicted octanol–water partition coefficient (Wildman–Crippen LogP) is 5.01. The van der Waals surface area contributed by atoms with Crippen LogP contribution >= 0.6 is 0 Å². The average Bonchev–Trinajstić information content (AvgIpc) is 2.81. The van der Waals surface area contributed by atoms with E-state index in [0.717, 1.165) is 12.5 Å². The van der Waals surface area contributed by atoms with Crippen LogP contribution in [0.25, 0.3) is 10.9 Å². The molecule has 1 aliphatic rings. The molecule has 0 unspecified atom stereocenters. The predicted molar refractivity (Wildman–Crippen MR) is 123 cm³/mol. The lowest BCUT2D eigenvalue weighted by Crippen LogP contribution is -2.43. The Hall–Kier alpha value is -2.74. The highest BCUT2D eigenvalue weighted by Gasteiger charge is 2.39. The van der Waals surface area contributed by atoms with Crippen LogP contribution in [0.2, 0.25) is 0 Å². The molecule has 37 heavy (non-hydrogen) atoms. The van der Waals surface area contributed by atoms with E-state index in [-0.39, 0.29) is 22.4 Å². The third-order valence-electron chi connectivity index (χ3n) is 6.45. The van der Waals surface area contributed by atoms with Gasteiger partial charge in [0.2, 0.25) is 10.0 Å². The zero-order chi connectivity index (χ0) is 27.2. The minimum atomic E-state index is -5.03. The molecule has 3 aromatic rings. The van der Waals surface area contributed by atoms with Gasteiger partial charge >= 0.3 is 12.4 Å². The molecule has 6 nitrogen and oxygen atoms in total. The van der Waals surface area contributed by atoms with Crippen LogP contribution in [0.5, 0.6) is 0 Å². The molecule has 200 valence electrons. The van der Waals surface area contributed by atoms with Crippen molar-refractivity contribution in [2.24, 2.45) is 5.14 Å². The van der Waals surface area contributed by atoms with Crippen LogP contribution in [0.3, 0.4) is 0 Å². The molecule has 0 radical (unpaired) electrons. The number of hydrogen-bond donors (Lipinski definition) is 2. The van der Waals surface area contributed by atoms with Gasteiger partial charge < -0.3 is 5.11 Å². The number of benzene rings is 2. The van der Waals surface area contributed by atoms with E-state index in [2.05, 4.69) is 4.98 Å². The molecule has 1 fully saturated rings. The van der Waals surface area contributed by atoms with E-state index in [9.17, 15) is 39.9 Å². The summed E-state index contributed by atoms with van der Waals surface area (Å²) in [6, 6.07) is 8.58. The Bertz CT molecular complexity index is 1390. The minimum absolute atomic E-state index is 0.0881. The van der Waals surface area contributed by atoms with Crippen molar-refractivity contribution in [2.45, 2.75) is 55.2 Å². The van der Waals surface area contributed by atoms with Crippen LogP contribution < -0.4 is 5.14 Å². The topological polar surface area (TPSA) is 96.5 Å². The number of alkyl halides is 6. The molecule has 4 rings (SSSR count). The number of halogens is 6. The molecule has 0 saturated carbocycles. The quantitative estimate of drug-likeness (QED) is 0.438. The number of rotatable bonds is 5. The normalized spacial score (nSPS) is 18.8. The first-order chi connectivity index (χ1) is 17.2. The summed E-state index contributed by atoms with van der Waals surface area (Å²) in [5.41, 5.74) is -3.34. The summed E-state index contributed by atoms with van der Waals surface area (Å²) in [6.07, 6.45) is -9.73. The molecule has 0 bridgehead atoms. The van der Waals surface area contributed by atoms with Crippen LogP contribution in [0.1, 0.15) is 47.8 Å². The van der Waals surface area contributed by atoms with Crippen molar-refractivity contribution in [3.8, 4) is 0 Å². The zero-order valence-corrected chi connectivity index (χ0v) is 20.0. The van der Waals surface area contributed by atoms with Gasteiger partial charge in [-0.25, -0.2) is 18.5 Å². The Morgan fingerprint density at radius 2 is 1.70 bits per heavy atom. The number of para-hydroxylation sites is 1. The largest absolute Gasteiger partial charge is 0.433 e. The van der Waals surface area contributed by atoms with Crippen molar-refractivity contribution in [1.82, 2.24) is 9.88 Å². The summed E-state index contributed by atoms with van der Waals surface area (Å²) in [7, 11) is -3.90. The second kappa shape index (κ2) is 9.86. The second-order valence-electron chi connectivity index (χ2n) is 8.96. The number of pyridine rings is 1. The van der Waals surface area contributed by atoms with E-state index in [1.54, 1.807) is 0 Å². The molecule has 1 aromatic heterocycles. The molecule has 2 atom stereocenters. The number of hydrogen-bond acceptors (Lipinski definition) is 5. The van der Waals surface area contributed by atoms with Crippen LogP contribution in [0.4, 0.5) is 26.3 Å². The van der Waals surface area contributed by atoms with Gasteiger partial charge in [0.15, 0.2) is 0 Å². The summed E-state index contributed by atoms with van der Waals surface area (Å²) in [6.45, 7) is 0.706. The molecule has 2 heterocycles. The maximum atomic E-state index is 13.6. The van der Waals surface area contributed by atoms with Gasteiger partial charge in [0.05, 0.1) is 22.1 Å². The van der Waals surface area contributed by atoms with E-state index < -0.39 is 51.3 Å². The molecule has 0 spiro atoms. The number of primary sulfonamides is 1. The highest BCUT2D eigenvalue weighted by molar-refractivity contribution is 7.89. The molecule has 2 aromatic carbocycles. The Morgan fingerprint density at radius 1 is 1.03 bits per heavy atom. The van der Waals surface area contributed by atoms with Crippen LogP contribution in [0, 0.1) is 0 Å². The Kier molecular flexibility index (Phi) is 7.27. The summed E-state index contributed by atoms with van der Waals surface area (Å²) >= 11 is 0. The van der Waals surface area contributed by atoms with Crippen molar-refractivity contribution in [2.75, 3.05) is 6.54 Å². The van der Waals surface area contributed by atoms with Crippen LogP contribution in [-0.2, 0) is 28.9 Å². The third kappa shape index (κ3) is 5.89. The Balaban J connectivity index is 1.75. The molecule has 0 amide bonds. The molecule has 3 N–H and O–H groups in total. The number of sulfonamides is 1. The number of nitrogens with two attached hydrogens (primary N) is 1. The Morgan fingerprint density at radius 3 is 2.30 bits per heavy atom. The molecule has 0 aliphatic carbocycles. The van der Waals surface area contributed by atoms with E-state index in [1.807, 2.05) is 4.90 Å². The van der Waals surface area contributed by atoms with Crippen molar-refractivity contribution >= 4 is 20.9 Å². The minimum Gasteiger partial charge on any atom is -0.387 e. The number of likely N-dealkylation sites (tertiary alicyclic amines) is 1. The van der Waals surface area contributed by atoms with E-state index >= 15 is 0 Å². The number of piperidine rings is 1. The summed E-state index contributed by atoms with van der Waals surface area (Å²) in [5, 5.41) is 16.2. The third-order valence-corrected chi connectivity index (χ3v) is 7.38. The molecule has 1 saturated heterocycles. The van der Waals surface area contributed by atoms with E-state index in [1.165, 1.54) is 30.3 Å². The smallest absolute Gasteiger partial charge is 0.387 e. The second-order valence-corrected chi connectivity index (χ2v) is 10.5. The van der Waals surface area contributed by atoms with E-state index in [4.69, 9.17) is 5.14 Å². The lowest BCUT2D eigenvalue weighted by molar-refractivity contribution is -0.142. The standard InChI is InChI=1S/C24H23F6N3O3S/c25-23(26,27)18-5-3-4-16-17(12-20(24(28,29)30)32-21(16)18)22(34)19-6-1-2-11-33(19)13-14-7-9-15(10-8-14)37(31,35)36/h3-5,7-10,12,19,22,34H,1-2,6,11,13H2,(H2,31,35,36)/t19-,22-/m0/s1. The monoisotopic (exact) mass is 547 g/mol. The maximum Gasteiger partial charge on any atom is 0.433 e. The van der Waals surface area contributed by atoms with Crippen molar-refractivity contribution in [3.05, 3.63) is 70.9 Å². The van der Waals surface area contributed by atoms with Crippen molar-refractivity contribution < 1.29 is 39.9 Å². The first-order valence-electron chi connectivity index (χ1n) is 11.3. The molecular formula is C24H23F6N3O3S. The summed E-state index contributed by atoms with van der Waals surface area (Å²) in [5.74, 6) is 0. The zero-order valence-electron chi connectivity index (χ0n) is 19.2. The van der Waals surface area contributed by atoms with Crippen molar-refractivity contribution in [1.29, 1.82) is 0 Å². The van der Waals surface area contributed by atoms with E-state index in [0.29, 0.717) is 37.1 Å². The van der Waals surface area contributed by atoms with Crippen LogP contribution in [0.15, 0.2) is 53.4 Å². The number of aromatic nitrogens is 1. The number of aliphatic hydroxyl groups is 1. The lowest BCUT2D eigenvalue weighted by Gasteiger charge is -2.39. The first kappa shape index (κ1) is 27.3. The van der Waals surface area contributed by atoms with Crippen molar-refractivity contribution in [3.63, 3.8) is 0 Å². The van der Waals surface area contributed by atoms with Crippen LogP contribution in [-0.4, -0.2) is 36.0 Å². The van der Waals surface area contributed by atoms with Gasteiger partial charge in [-0.05, 0) is 54.8 Å².